The smallest absolute Gasteiger partial charge is 0.332 e. The Hall–Kier alpha value is -0.500. The number of rotatable bonds is 4. The number of carbonyl (C=O) groups is 1. The molecule has 0 aromatic carbocycles. The molecule has 0 unspecified atom stereocenters. The fourth-order valence-corrected chi connectivity index (χ4v) is 0.850. The van der Waals surface area contributed by atoms with Crippen LogP contribution < -0.4 is 0 Å². The molecule has 64 valence electrons. The predicted octanol–water partition coefficient (Wildman–Crippen LogP) is 2.77. The number of allylic oxidation sites excluding steroid dienone is 1. The van der Waals surface area contributed by atoms with E-state index in [-0.39, 0.29) is 5.57 Å². The highest BCUT2D eigenvalue weighted by Gasteiger charge is 2.05. The molecule has 0 atom stereocenters. The van der Waals surface area contributed by atoms with Gasteiger partial charge in [0.25, 0.3) is 0 Å². The van der Waals surface area contributed by atoms with Gasteiger partial charge in [0, 0.05) is 10.6 Å². The highest BCUT2D eigenvalue weighted by Crippen LogP contribution is 2.16. The molecule has 0 aliphatic carbocycles. The van der Waals surface area contributed by atoms with Crippen molar-refractivity contribution in [2.75, 3.05) is 0 Å². The van der Waals surface area contributed by atoms with Gasteiger partial charge in [-0.2, -0.15) is 0 Å². The highest BCUT2D eigenvalue weighted by atomic mass is 35.5. The lowest BCUT2D eigenvalue weighted by Gasteiger charge is -1.99. The van der Waals surface area contributed by atoms with Gasteiger partial charge in [0.05, 0.1) is 0 Å². The van der Waals surface area contributed by atoms with E-state index in [2.05, 4.69) is 0 Å². The van der Waals surface area contributed by atoms with E-state index in [1.54, 1.807) is 0 Å². The van der Waals surface area contributed by atoms with Crippen molar-refractivity contribution in [3.05, 3.63) is 10.6 Å². The van der Waals surface area contributed by atoms with E-state index in [0.29, 0.717) is 11.5 Å². The minimum Gasteiger partial charge on any atom is -0.478 e. The first kappa shape index (κ1) is 10.5. The van der Waals surface area contributed by atoms with Crippen molar-refractivity contribution in [3.63, 3.8) is 0 Å². The van der Waals surface area contributed by atoms with E-state index in [1.165, 1.54) is 6.92 Å². The normalized spacial score (nSPS) is 12.6. The molecule has 3 heteroatoms. The summed E-state index contributed by atoms with van der Waals surface area (Å²) in [5, 5.41) is 8.98. The molecule has 0 heterocycles. The zero-order chi connectivity index (χ0) is 8.85. The van der Waals surface area contributed by atoms with Gasteiger partial charge in [-0.3, -0.25) is 0 Å². The van der Waals surface area contributed by atoms with Crippen molar-refractivity contribution < 1.29 is 9.90 Å². The van der Waals surface area contributed by atoms with Gasteiger partial charge in [0.2, 0.25) is 0 Å². The van der Waals surface area contributed by atoms with Crippen molar-refractivity contribution in [2.24, 2.45) is 0 Å². The molecule has 0 aromatic heterocycles. The molecule has 0 bridgehead atoms. The van der Waals surface area contributed by atoms with Gasteiger partial charge in [0.15, 0.2) is 0 Å². The number of hydrogen-bond donors (Lipinski definition) is 1. The quantitative estimate of drug-likeness (QED) is 0.669. The first-order valence-electron chi connectivity index (χ1n) is 3.68. The van der Waals surface area contributed by atoms with Gasteiger partial charge in [-0.05, 0) is 19.8 Å². The van der Waals surface area contributed by atoms with E-state index in [4.69, 9.17) is 16.7 Å². The van der Waals surface area contributed by atoms with E-state index in [1.807, 2.05) is 6.92 Å². The molecular formula is C8H13ClO2. The fraction of sp³-hybridized carbons (Fsp3) is 0.625. The first-order valence-corrected chi connectivity index (χ1v) is 4.06. The SMILES string of the molecule is CCCCC(Cl)=C(C)C(=O)O. The van der Waals surface area contributed by atoms with Crippen LogP contribution in [0.4, 0.5) is 0 Å². The Labute approximate surface area is 71.9 Å². The fourth-order valence-electron chi connectivity index (χ4n) is 0.636. The third-order valence-electron chi connectivity index (χ3n) is 1.48. The van der Waals surface area contributed by atoms with Gasteiger partial charge in [-0.1, -0.05) is 24.9 Å². The Morgan fingerprint density at radius 1 is 1.55 bits per heavy atom. The molecular weight excluding hydrogens is 164 g/mol. The molecule has 0 aliphatic rings. The van der Waals surface area contributed by atoms with E-state index in [0.717, 1.165) is 12.8 Å². The lowest BCUT2D eigenvalue weighted by atomic mass is 10.2. The van der Waals surface area contributed by atoms with E-state index < -0.39 is 5.97 Å². The van der Waals surface area contributed by atoms with Crippen LogP contribution in [-0.2, 0) is 4.79 Å². The third kappa shape index (κ3) is 4.04. The van der Waals surface area contributed by atoms with Crippen LogP contribution in [0.5, 0.6) is 0 Å². The second-order valence-electron chi connectivity index (χ2n) is 2.44. The average molecular weight is 177 g/mol. The lowest BCUT2D eigenvalue weighted by Crippen LogP contribution is -1.98. The number of halogens is 1. The Bertz CT molecular complexity index is 173. The number of carboxylic acid groups (broad SMARTS) is 1. The zero-order valence-electron chi connectivity index (χ0n) is 6.85. The van der Waals surface area contributed by atoms with Crippen LogP contribution in [0.25, 0.3) is 0 Å². The maximum absolute atomic E-state index is 10.4. The maximum atomic E-state index is 10.4. The van der Waals surface area contributed by atoms with Crippen molar-refractivity contribution >= 4 is 17.6 Å². The van der Waals surface area contributed by atoms with Gasteiger partial charge in [-0.15, -0.1) is 0 Å². The Morgan fingerprint density at radius 3 is 2.45 bits per heavy atom. The summed E-state index contributed by atoms with van der Waals surface area (Å²) in [6, 6.07) is 0. The second kappa shape index (κ2) is 5.19. The summed E-state index contributed by atoms with van der Waals surface area (Å²) < 4.78 is 0. The van der Waals surface area contributed by atoms with E-state index in [9.17, 15) is 4.79 Å². The topological polar surface area (TPSA) is 37.3 Å². The van der Waals surface area contributed by atoms with Gasteiger partial charge in [-0.25, -0.2) is 4.79 Å². The molecule has 0 fully saturated rings. The number of carboxylic acids is 1. The number of aliphatic carboxylic acids is 1. The predicted molar refractivity (Wildman–Crippen MR) is 45.7 cm³/mol. The Morgan fingerprint density at radius 2 is 2.09 bits per heavy atom. The molecule has 0 spiro atoms. The molecule has 0 saturated carbocycles. The maximum Gasteiger partial charge on any atom is 0.332 e. The summed E-state index contributed by atoms with van der Waals surface area (Å²) in [6.07, 6.45) is 2.66. The van der Waals surface area contributed by atoms with Crippen molar-refractivity contribution in [1.82, 2.24) is 0 Å². The molecule has 0 radical (unpaired) electrons. The Kier molecular flexibility index (Phi) is 4.95. The van der Waals surface area contributed by atoms with Crippen molar-refractivity contribution in [2.45, 2.75) is 33.1 Å². The molecule has 1 N–H and O–H groups in total. The summed E-state index contributed by atoms with van der Waals surface area (Å²) in [5.41, 5.74) is 0.264. The second-order valence-corrected chi connectivity index (χ2v) is 2.89. The monoisotopic (exact) mass is 176 g/mol. The molecule has 0 amide bonds. The molecule has 0 rings (SSSR count). The largest absolute Gasteiger partial charge is 0.478 e. The Balaban J connectivity index is 4.05. The number of unbranched alkanes of at least 4 members (excludes halogenated alkanes) is 1. The van der Waals surface area contributed by atoms with E-state index >= 15 is 0 Å². The van der Waals surface area contributed by atoms with Crippen molar-refractivity contribution in [3.8, 4) is 0 Å². The summed E-state index contributed by atoms with van der Waals surface area (Å²) in [6.45, 7) is 3.57. The van der Waals surface area contributed by atoms with Crippen molar-refractivity contribution in [1.29, 1.82) is 0 Å². The van der Waals surface area contributed by atoms with Crippen LogP contribution in [0.2, 0.25) is 0 Å². The summed E-state index contributed by atoms with van der Waals surface area (Å²) in [7, 11) is 0. The van der Waals surface area contributed by atoms with Crippen LogP contribution in [0.1, 0.15) is 33.1 Å². The average Bonchev–Trinajstić information content (AvgIpc) is 1.98. The van der Waals surface area contributed by atoms with Crippen LogP contribution in [0.15, 0.2) is 10.6 Å². The minimum absolute atomic E-state index is 0.264. The van der Waals surface area contributed by atoms with Crippen LogP contribution in [0, 0.1) is 0 Å². The summed E-state index contributed by atoms with van der Waals surface area (Å²) in [5.74, 6) is -0.925. The van der Waals surface area contributed by atoms with Crippen LogP contribution in [0.3, 0.4) is 0 Å². The highest BCUT2D eigenvalue weighted by molar-refractivity contribution is 6.31. The third-order valence-corrected chi connectivity index (χ3v) is 1.95. The first-order chi connectivity index (χ1) is 5.09. The minimum atomic E-state index is -0.925. The van der Waals surface area contributed by atoms with Gasteiger partial charge < -0.3 is 5.11 Å². The van der Waals surface area contributed by atoms with Crippen LogP contribution >= 0.6 is 11.6 Å². The molecule has 0 aromatic rings. The molecule has 0 aliphatic heterocycles. The molecule has 0 saturated heterocycles. The summed E-state index contributed by atoms with van der Waals surface area (Å²) in [4.78, 5) is 10.4. The molecule has 11 heavy (non-hydrogen) atoms. The molecule has 2 nitrogen and oxygen atoms in total. The summed E-state index contributed by atoms with van der Waals surface area (Å²) >= 11 is 5.70. The number of hydrogen-bond acceptors (Lipinski definition) is 1. The lowest BCUT2D eigenvalue weighted by molar-refractivity contribution is -0.132. The zero-order valence-corrected chi connectivity index (χ0v) is 7.61. The van der Waals surface area contributed by atoms with Gasteiger partial charge in [0.1, 0.15) is 0 Å². The van der Waals surface area contributed by atoms with Gasteiger partial charge >= 0.3 is 5.97 Å². The standard InChI is InChI=1S/C8H13ClO2/c1-3-4-5-7(9)6(2)8(10)11/h3-5H2,1-2H3,(H,10,11). The van der Waals surface area contributed by atoms with Crippen LogP contribution in [-0.4, -0.2) is 11.1 Å².